The van der Waals surface area contributed by atoms with Crippen LogP contribution in [-0.2, 0) is 4.79 Å². The lowest BCUT2D eigenvalue weighted by molar-refractivity contribution is -0.384. The van der Waals surface area contributed by atoms with Gasteiger partial charge in [0.2, 0.25) is 5.91 Å². The number of nitro groups is 1. The van der Waals surface area contributed by atoms with Gasteiger partial charge in [0.1, 0.15) is 0 Å². The van der Waals surface area contributed by atoms with Crippen molar-refractivity contribution in [2.75, 3.05) is 18.4 Å². The zero-order chi connectivity index (χ0) is 19.9. The predicted octanol–water partition coefficient (Wildman–Crippen LogP) is 3.87. The van der Waals surface area contributed by atoms with Crippen molar-refractivity contribution in [3.05, 3.63) is 75.8 Å². The number of para-hydroxylation sites is 1. The molecule has 1 aliphatic rings. The van der Waals surface area contributed by atoms with Gasteiger partial charge in [0.15, 0.2) is 0 Å². The zero-order valence-corrected chi connectivity index (χ0v) is 15.3. The summed E-state index contributed by atoms with van der Waals surface area (Å²) in [5.74, 6) is -0.452. The van der Waals surface area contributed by atoms with Crippen molar-refractivity contribution in [3.63, 3.8) is 0 Å². The first kappa shape index (κ1) is 19.3. The van der Waals surface area contributed by atoms with Crippen molar-refractivity contribution in [3.8, 4) is 0 Å². The number of likely N-dealkylation sites (tertiary alicyclic amines) is 1. The van der Waals surface area contributed by atoms with Crippen LogP contribution >= 0.6 is 0 Å². The smallest absolute Gasteiger partial charge is 0.269 e. The molecule has 3 rings (SSSR count). The summed E-state index contributed by atoms with van der Waals surface area (Å²) in [4.78, 5) is 37.1. The zero-order valence-electron chi connectivity index (χ0n) is 15.3. The van der Waals surface area contributed by atoms with Crippen LogP contribution in [0.25, 0.3) is 6.08 Å². The summed E-state index contributed by atoms with van der Waals surface area (Å²) in [5.41, 5.74) is 1.60. The number of piperidine rings is 1. The molecule has 1 aliphatic heterocycles. The van der Waals surface area contributed by atoms with E-state index in [0.717, 1.165) is 32.4 Å². The molecular formula is C21H21N3O4. The van der Waals surface area contributed by atoms with Crippen molar-refractivity contribution < 1.29 is 14.5 Å². The van der Waals surface area contributed by atoms with E-state index in [1.54, 1.807) is 42.5 Å². The maximum Gasteiger partial charge on any atom is 0.269 e. The molecule has 0 aromatic heterocycles. The van der Waals surface area contributed by atoms with Crippen molar-refractivity contribution in [2.45, 2.75) is 19.3 Å². The van der Waals surface area contributed by atoms with Gasteiger partial charge < -0.3 is 10.2 Å². The van der Waals surface area contributed by atoms with Gasteiger partial charge in [-0.05, 0) is 55.2 Å². The third-order valence-electron chi connectivity index (χ3n) is 4.59. The average molecular weight is 379 g/mol. The Balaban J connectivity index is 1.68. The Kier molecular flexibility index (Phi) is 6.16. The number of amides is 2. The van der Waals surface area contributed by atoms with Crippen LogP contribution in [0.5, 0.6) is 0 Å². The largest absolute Gasteiger partial charge is 0.339 e. The number of hydrogen-bond acceptors (Lipinski definition) is 4. The molecule has 144 valence electrons. The number of nitrogens with zero attached hydrogens (tertiary/aromatic N) is 2. The van der Waals surface area contributed by atoms with Crippen molar-refractivity contribution in [1.82, 2.24) is 4.90 Å². The number of hydrogen-bond donors (Lipinski definition) is 1. The van der Waals surface area contributed by atoms with Crippen molar-refractivity contribution in [1.29, 1.82) is 0 Å². The number of nitrogens with one attached hydrogen (secondary N) is 1. The highest BCUT2D eigenvalue weighted by molar-refractivity contribution is 6.07. The molecule has 7 nitrogen and oxygen atoms in total. The topological polar surface area (TPSA) is 92.5 Å². The lowest BCUT2D eigenvalue weighted by Gasteiger charge is -2.27. The molecule has 1 heterocycles. The maximum absolute atomic E-state index is 12.8. The summed E-state index contributed by atoms with van der Waals surface area (Å²) in [6, 6.07) is 12.9. The monoisotopic (exact) mass is 379 g/mol. The second-order valence-electron chi connectivity index (χ2n) is 6.57. The first-order chi connectivity index (χ1) is 13.5. The highest BCUT2D eigenvalue weighted by Gasteiger charge is 2.20. The number of rotatable bonds is 5. The predicted molar refractivity (Wildman–Crippen MR) is 107 cm³/mol. The van der Waals surface area contributed by atoms with E-state index in [0.29, 0.717) is 16.8 Å². The van der Waals surface area contributed by atoms with Gasteiger partial charge in [-0.15, -0.1) is 0 Å². The van der Waals surface area contributed by atoms with Gasteiger partial charge in [0, 0.05) is 31.3 Å². The van der Waals surface area contributed by atoms with E-state index in [-0.39, 0.29) is 17.5 Å². The van der Waals surface area contributed by atoms with E-state index >= 15 is 0 Å². The van der Waals surface area contributed by atoms with Crippen LogP contribution in [0.3, 0.4) is 0 Å². The summed E-state index contributed by atoms with van der Waals surface area (Å²) < 4.78 is 0. The third-order valence-corrected chi connectivity index (χ3v) is 4.59. The molecule has 0 radical (unpaired) electrons. The molecule has 7 heteroatoms. The summed E-state index contributed by atoms with van der Waals surface area (Å²) >= 11 is 0. The van der Waals surface area contributed by atoms with E-state index in [1.165, 1.54) is 18.2 Å². The fraction of sp³-hybridized carbons (Fsp3) is 0.238. The molecule has 1 N–H and O–H groups in total. The van der Waals surface area contributed by atoms with Crippen LogP contribution in [0.15, 0.2) is 54.6 Å². The van der Waals surface area contributed by atoms with E-state index in [1.807, 2.05) is 4.90 Å². The number of carbonyl (C=O) groups is 2. The van der Waals surface area contributed by atoms with Crippen molar-refractivity contribution in [2.24, 2.45) is 0 Å². The van der Waals surface area contributed by atoms with Crippen LogP contribution in [0.2, 0.25) is 0 Å². The Morgan fingerprint density at radius 3 is 2.36 bits per heavy atom. The van der Waals surface area contributed by atoms with Crippen molar-refractivity contribution >= 4 is 29.3 Å². The number of nitro benzene ring substituents is 1. The highest BCUT2D eigenvalue weighted by atomic mass is 16.6. The Labute approximate surface area is 162 Å². The molecule has 2 aromatic rings. The van der Waals surface area contributed by atoms with E-state index in [4.69, 9.17) is 0 Å². The molecule has 2 aromatic carbocycles. The normalized spacial score (nSPS) is 14.1. The van der Waals surface area contributed by atoms with Gasteiger partial charge in [0.25, 0.3) is 11.6 Å². The molecular weight excluding hydrogens is 358 g/mol. The highest BCUT2D eigenvalue weighted by Crippen LogP contribution is 2.20. The average Bonchev–Trinajstić information content (AvgIpc) is 2.73. The Hall–Kier alpha value is -3.48. The molecule has 0 aliphatic carbocycles. The molecule has 0 saturated carbocycles. The molecule has 1 saturated heterocycles. The Morgan fingerprint density at radius 1 is 1.00 bits per heavy atom. The number of carbonyl (C=O) groups excluding carboxylic acids is 2. The molecule has 0 unspecified atom stereocenters. The van der Waals surface area contributed by atoms with Crippen LogP contribution in [0.4, 0.5) is 11.4 Å². The summed E-state index contributed by atoms with van der Waals surface area (Å²) in [6.45, 7) is 1.47. The second-order valence-corrected chi connectivity index (χ2v) is 6.57. The first-order valence-corrected chi connectivity index (χ1v) is 9.16. The van der Waals surface area contributed by atoms with Gasteiger partial charge in [-0.3, -0.25) is 19.7 Å². The quantitative estimate of drug-likeness (QED) is 0.485. The molecule has 0 spiro atoms. The van der Waals surface area contributed by atoms with E-state index in [9.17, 15) is 19.7 Å². The molecule has 0 atom stereocenters. The number of non-ortho nitro benzene ring substituents is 1. The minimum atomic E-state index is -0.476. The number of anilines is 1. The summed E-state index contributed by atoms with van der Waals surface area (Å²) in [7, 11) is 0. The van der Waals surface area contributed by atoms with Gasteiger partial charge in [-0.1, -0.05) is 12.1 Å². The summed E-state index contributed by atoms with van der Waals surface area (Å²) in [5, 5.41) is 13.4. The van der Waals surface area contributed by atoms with Gasteiger partial charge >= 0.3 is 0 Å². The molecule has 1 fully saturated rings. The lowest BCUT2D eigenvalue weighted by atomic mass is 10.1. The van der Waals surface area contributed by atoms with Crippen LogP contribution in [-0.4, -0.2) is 34.7 Å². The third kappa shape index (κ3) is 4.82. The van der Waals surface area contributed by atoms with Crippen LogP contribution in [0, 0.1) is 10.1 Å². The summed E-state index contributed by atoms with van der Waals surface area (Å²) in [6.07, 6.45) is 6.03. The Bertz CT molecular complexity index is 900. The fourth-order valence-electron chi connectivity index (χ4n) is 3.10. The van der Waals surface area contributed by atoms with Crippen LogP contribution in [0.1, 0.15) is 35.2 Å². The lowest BCUT2D eigenvalue weighted by Crippen LogP contribution is -2.36. The van der Waals surface area contributed by atoms with Crippen LogP contribution < -0.4 is 5.32 Å². The first-order valence-electron chi connectivity index (χ1n) is 9.16. The molecule has 28 heavy (non-hydrogen) atoms. The maximum atomic E-state index is 12.8. The molecule has 0 bridgehead atoms. The van der Waals surface area contributed by atoms with E-state index in [2.05, 4.69) is 5.32 Å². The minimum Gasteiger partial charge on any atom is -0.339 e. The minimum absolute atomic E-state index is 0.00764. The standard InChI is InChI=1S/C21H21N3O4/c25-20(13-10-16-8-11-17(12-9-16)24(27)28)22-19-7-3-2-6-18(19)21(26)23-14-4-1-5-15-23/h2-3,6-13H,1,4-5,14-15H2,(H,22,25)/b13-10+. The fourth-order valence-corrected chi connectivity index (χ4v) is 3.10. The van der Waals surface area contributed by atoms with E-state index < -0.39 is 4.92 Å². The van der Waals surface area contributed by atoms with Gasteiger partial charge in [-0.25, -0.2) is 0 Å². The van der Waals surface area contributed by atoms with Gasteiger partial charge in [-0.2, -0.15) is 0 Å². The number of benzene rings is 2. The Morgan fingerprint density at radius 2 is 1.68 bits per heavy atom. The second kappa shape index (κ2) is 8.94. The SMILES string of the molecule is O=C(/C=C/c1ccc([N+](=O)[O-])cc1)Nc1ccccc1C(=O)N1CCCCC1. The molecule has 2 amide bonds. The van der Waals surface area contributed by atoms with Gasteiger partial charge in [0.05, 0.1) is 16.2 Å².